The van der Waals surface area contributed by atoms with Crippen LogP contribution in [0.25, 0.3) is 0 Å². The standard InChI is InChI=1S/C16H20N4S/c1-2-4-14-15(20-17)18-10-19-16(14)21-13-8-7-11-5-3-6-12(11)9-13/h7-10H,2-6,17H2,1H3,(H,18,19,20). The molecule has 0 unspecified atom stereocenters. The van der Waals surface area contributed by atoms with E-state index in [1.165, 1.54) is 35.3 Å². The van der Waals surface area contributed by atoms with E-state index in [4.69, 9.17) is 5.84 Å². The van der Waals surface area contributed by atoms with Crippen LogP contribution >= 0.6 is 11.8 Å². The van der Waals surface area contributed by atoms with Crippen molar-refractivity contribution in [2.24, 2.45) is 5.84 Å². The number of benzene rings is 1. The first kappa shape index (κ1) is 14.4. The SMILES string of the molecule is CCCc1c(NN)ncnc1Sc1ccc2c(c1)CCC2. The molecule has 3 rings (SSSR count). The Hall–Kier alpha value is -1.59. The van der Waals surface area contributed by atoms with Crippen molar-refractivity contribution in [3.63, 3.8) is 0 Å². The summed E-state index contributed by atoms with van der Waals surface area (Å²) in [4.78, 5) is 9.91. The Kier molecular flexibility index (Phi) is 4.41. The van der Waals surface area contributed by atoms with Gasteiger partial charge in [0, 0.05) is 10.5 Å². The summed E-state index contributed by atoms with van der Waals surface area (Å²) in [6.07, 6.45) is 7.23. The number of rotatable bonds is 5. The molecular weight excluding hydrogens is 280 g/mol. The van der Waals surface area contributed by atoms with E-state index >= 15 is 0 Å². The Morgan fingerprint density at radius 1 is 1.24 bits per heavy atom. The number of hydrazine groups is 1. The van der Waals surface area contributed by atoms with Crippen molar-refractivity contribution in [3.8, 4) is 0 Å². The Morgan fingerprint density at radius 3 is 2.90 bits per heavy atom. The summed E-state index contributed by atoms with van der Waals surface area (Å²) < 4.78 is 0. The zero-order chi connectivity index (χ0) is 14.7. The van der Waals surface area contributed by atoms with Gasteiger partial charge in [-0.05, 0) is 48.9 Å². The number of hydrogen-bond donors (Lipinski definition) is 2. The van der Waals surface area contributed by atoms with Gasteiger partial charge in [-0.25, -0.2) is 15.8 Å². The molecule has 1 aromatic carbocycles. The lowest BCUT2D eigenvalue weighted by Crippen LogP contribution is -2.12. The molecule has 1 aliphatic rings. The second kappa shape index (κ2) is 6.45. The summed E-state index contributed by atoms with van der Waals surface area (Å²) >= 11 is 1.70. The Bertz CT molecular complexity index is 642. The number of fused-ring (bicyclic) bond motifs is 1. The number of nitrogens with two attached hydrogens (primary N) is 1. The van der Waals surface area contributed by atoms with Crippen molar-refractivity contribution >= 4 is 17.6 Å². The van der Waals surface area contributed by atoms with Gasteiger partial charge in [-0.2, -0.15) is 0 Å². The fourth-order valence-electron chi connectivity index (χ4n) is 2.81. The van der Waals surface area contributed by atoms with Crippen LogP contribution in [0.3, 0.4) is 0 Å². The highest BCUT2D eigenvalue weighted by Crippen LogP contribution is 2.34. The van der Waals surface area contributed by atoms with Gasteiger partial charge in [0.2, 0.25) is 0 Å². The van der Waals surface area contributed by atoms with Gasteiger partial charge in [-0.3, -0.25) is 0 Å². The lowest BCUT2D eigenvalue weighted by Gasteiger charge is -2.12. The maximum Gasteiger partial charge on any atom is 0.147 e. The molecule has 3 N–H and O–H groups in total. The molecule has 4 nitrogen and oxygen atoms in total. The van der Waals surface area contributed by atoms with Crippen molar-refractivity contribution in [1.29, 1.82) is 0 Å². The summed E-state index contributed by atoms with van der Waals surface area (Å²) in [6.45, 7) is 2.15. The maximum absolute atomic E-state index is 5.57. The molecule has 1 aromatic heterocycles. The molecule has 0 fully saturated rings. The summed E-state index contributed by atoms with van der Waals surface area (Å²) in [7, 11) is 0. The van der Waals surface area contributed by atoms with Gasteiger partial charge in [0.05, 0.1) is 0 Å². The average Bonchev–Trinajstić information content (AvgIpc) is 2.96. The minimum absolute atomic E-state index is 0.732. The molecule has 0 amide bonds. The summed E-state index contributed by atoms with van der Waals surface area (Å²) in [5, 5.41) is 0.998. The Balaban J connectivity index is 1.90. The highest BCUT2D eigenvalue weighted by molar-refractivity contribution is 7.99. The minimum atomic E-state index is 0.732. The molecule has 5 heteroatoms. The number of nitrogen functional groups attached to an aromatic ring is 1. The molecule has 21 heavy (non-hydrogen) atoms. The minimum Gasteiger partial charge on any atom is -0.308 e. The molecular formula is C16H20N4S. The first-order valence-corrected chi connectivity index (χ1v) is 8.23. The third kappa shape index (κ3) is 3.04. The predicted molar refractivity (Wildman–Crippen MR) is 86.4 cm³/mol. The summed E-state index contributed by atoms with van der Waals surface area (Å²) in [6, 6.07) is 6.76. The second-order valence-electron chi connectivity index (χ2n) is 5.29. The zero-order valence-corrected chi connectivity index (χ0v) is 13.0. The predicted octanol–water partition coefficient (Wildman–Crippen LogP) is 3.35. The van der Waals surface area contributed by atoms with Gasteiger partial charge in [0.1, 0.15) is 17.2 Å². The van der Waals surface area contributed by atoms with E-state index in [2.05, 4.69) is 40.5 Å². The molecule has 0 spiro atoms. The van der Waals surface area contributed by atoms with Crippen LogP contribution in [-0.2, 0) is 19.3 Å². The van der Waals surface area contributed by atoms with Gasteiger partial charge in [0.25, 0.3) is 0 Å². The molecule has 0 radical (unpaired) electrons. The molecule has 1 aliphatic carbocycles. The van der Waals surface area contributed by atoms with E-state index in [9.17, 15) is 0 Å². The second-order valence-corrected chi connectivity index (χ2v) is 6.35. The van der Waals surface area contributed by atoms with Gasteiger partial charge >= 0.3 is 0 Å². The van der Waals surface area contributed by atoms with Crippen LogP contribution in [0.2, 0.25) is 0 Å². The fraction of sp³-hybridized carbons (Fsp3) is 0.375. The number of aromatic nitrogens is 2. The van der Waals surface area contributed by atoms with Crippen LogP contribution in [0.5, 0.6) is 0 Å². The van der Waals surface area contributed by atoms with Crippen LogP contribution in [0.1, 0.15) is 36.5 Å². The molecule has 0 atom stereocenters. The number of nitrogens with zero attached hydrogens (tertiary/aromatic N) is 2. The largest absolute Gasteiger partial charge is 0.308 e. The average molecular weight is 300 g/mol. The van der Waals surface area contributed by atoms with E-state index < -0.39 is 0 Å². The Morgan fingerprint density at radius 2 is 2.10 bits per heavy atom. The molecule has 0 saturated carbocycles. The maximum atomic E-state index is 5.57. The monoisotopic (exact) mass is 300 g/mol. The number of nitrogens with one attached hydrogen (secondary N) is 1. The summed E-state index contributed by atoms with van der Waals surface area (Å²) in [5.74, 6) is 6.30. The van der Waals surface area contributed by atoms with Crippen molar-refractivity contribution < 1.29 is 0 Å². The van der Waals surface area contributed by atoms with E-state index in [1.807, 2.05) is 0 Å². The molecule has 2 aromatic rings. The fourth-order valence-corrected chi connectivity index (χ4v) is 3.79. The van der Waals surface area contributed by atoms with Gasteiger partial charge < -0.3 is 5.43 Å². The Labute approximate surface area is 129 Å². The van der Waals surface area contributed by atoms with Crippen molar-refractivity contribution in [1.82, 2.24) is 9.97 Å². The van der Waals surface area contributed by atoms with Crippen molar-refractivity contribution in [3.05, 3.63) is 41.2 Å². The van der Waals surface area contributed by atoms with Crippen LogP contribution in [0.4, 0.5) is 5.82 Å². The molecule has 0 saturated heterocycles. The van der Waals surface area contributed by atoms with Crippen LogP contribution in [0, 0.1) is 0 Å². The smallest absolute Gasteiger partial charge is 0.147 e. The highest BCUT2D eigenvalue weighted by atomic mass is 32.2. The van der Waals surface area contributed by atoms with E-state index in [0.717, 1.165) is 29.2 Å². The van der Waals surface area contributed by atoms with Crippen LogP contribution < -0.4 is 11.3 Å². The highest BCUT2D eigenvalue weighted by Gasteiger charge is 2.14. The molecule has 110 valence electrons. The van der Waals surface area contributed by atoms with Gasteiger partial charge in [0.15, 0.2) is 0 Å². The lowest BCUT2D eigenvalue weighted by atomic mass is 10.1. The zero-order valence-electron chi connectivity index (χ0n) is 12.2. The van der Waals surface area contributed by atoms with Gasteiger partial charge in [-0.1, -0.05) is 31.2 Å². The topological polar surface area (TPSA) is 63.8 Å². The lowest BCUT2D eigenvalue weighted by molar-refractivity contribution is 0.856. The molecule has 0 bridgehead atoms. The van der Waals surface area contributed by atoms with E-state index in [1.54, 1.807) is 18.1 Å². The number of aryl methyl sites for hydroxylation is 2. The van der Waals surface area contributed by atoms with Gasteiger partial charge in [-0.15, -0.1) is 0 Å². The molecule has 0 aliphatic heterocycles. The third-order valence-electron chi connectivity index (χ3n) is 3.83. The first-order valence-electron chi connectivity index (χ1n) is 7.42. The van der Waals surface area contributed by atoms with E-state index in [0.29, 0.717) is 0 Å². The van der Waals surface area contributed by atoms with E-state index in [-0.39, 0.29) is 0 Å². The number of anilines is 1. The van der Waals surface area contributed by atoms with Crippen molar-refractivity contribution in [2.45, 2.75) is 48.9 Å². The molecule has 1 heterocycles. The van der Waals surface area contributed by atoms with Crippen molar-refractivity contribution in [2.75, 3.05) is 5.43 Å². The summed E-state index contributed by atoms with van der Waals surface area (Å²) in [5.41, 5.74) is 6.78. The first-order chi connectivity index (χ1) is 10.3. The normalized spacial score (nSPS) is 13.2. The number of hydrogen-bond acceptors (Lipinski definition) is 5. The van der Waals surface area contributed by atoms with Crippen LogP contribution in [-0.4, -0.2) is 9.97 Å². The third-order valence-corrected chi connectivity index (χ3v) is 4.86. The van der Waals surface area contributed by atoms with Crippen LogP contribution in [0.15, 0.2) is 34.4 Å². The quantitative estimate of drug-likeness (QED) is 0.503.